The fourth-order valence-electron chi connectivity index (χ4n) is 3.11. The molecule has 31 heavy (non-hydrogen) atoms. The van der Waals surface area contributed by atoms with E-state index in [1.54, 1.807) is 41.1 Å². The molecule has 5 aromatic rings. The third-order valence-electron chi connectivity index (χ3n) is 4.58. The van der Waals surface area contributed by atoms with Gasteiger partial charge in [-0.25, -0.2) is 19.6 Å². The molecule has 0 aliphatic carbocycles. The molecule has 0 atom stereocenters. The molecule has 0 saturated heterocycles. The minimum atomic E-state index is -0.187. The minimum Gasteiger partial charge on any atom is -0.321 e. The van der Waals surface area contributed by atoms with E-state index < -0.39 is 0 Å². The van der Waals surface area contributed by atoms with Gasteiger partial charge in [0.15, 0.2) is 5.82 Å². The van der Waals surface area contributed by atoms with E-state index in [1.165, 1.54) is 6.33 Å². The number of nitrogens with zero attached hydrogens (tertiary/aromatic N) is 6. The van der Waals surface area contributed by atoms with Crippen LogP contribution in [-0.2, 0) is 5.75 Å². The average molecular weight is 427 g/mol. The number of rotatable bonds is 6. The Balaban J connectivity index is 1.29. The van der Waals surface area contributed by atoms with E-state index in [1.807, 2.05) is 59.3 Å². The third kappa shape index (κ3) is 4.17. The van der Waals surface area contributed by atoms with Gasteiger partial charge in [0.2, 0.25) is 0 Å². The highest BCUT2D eigenvalue weighted by Crippen LogP contribution is 2.27. The van der Waals surface area contributed by atoms with Crippen LogP contribution in [0.25, 0.3) is 11.5 Å². The molecule has 8 nitrogen and oxygen atoms in total. The van der Waals surface area contributed by atoms with Crippen LogP contribution in [0.15, 0.2) is 90.7 Å². The predicted octanol–water partition coefficient (Wildman–Crippen LogP) is 3.85. The molecule has 0 spiro atoms. The van der Waals surface area contributed by atoms with Crippen LogP contribution >= 0.6 is 11.8 Å². The van der Waals surface area contributed by atoms with Crippen LogP contribution in [0.5, 0.6) is 0 Å². The van der Waals surface area contributed by atoms with Crippen molar-refractivity contribution in [2.24, 2.45) is 0 Å². The number of imidazole rings is 1. The van der Waals surface area contributed by atoms with Crippen LogP contribution in [0.2, 0.25) is 0 Å². The van der Waals surface area contributed by atoms with Crippen LogP contribution in [-0.4, -0.2) is 35.0 Å². The van der Waals surface area contributed by atoms with E-state index in [4.69, 9.17) is 0 Å². The van der Waals surface area contributed by atoms with Crippen molar-refractivity contribution in [1.29, 1.82) is 0 Å². The van der Waals surface area contributed by atoms with Gasteiger partial charge in [-0.15, -0.1) is 11.8 Å². The highest BCUT2D eigenvalue weighted by Gasteiger charge is 2.13. The first kappa shape index (κ1) is 19.0. The standard InChI is InChI=1S/C22H17N7OS/c30-22(27-16-8-9-20(24-11-16)29-15-23-14-25-29)18-5-1-2-6-19(18)31-13-17-12-28-10-4-3-7-21(28)26-17/h1-12,14-15H,13H2,(H,27,30). The zero-order valence-electron chi connectivity index (χ0n) is 16.3. The molecule has 0 aliphatic rings. The number of fused-ring (bicyclic) bond motifs is 1. The van der Waals surface area contributed by atoms with Crippen molar-refractivity contribution in [2.75, 3.05) is 5.32 Å². The summed E-state index contributed by atoms with van der Waals surface area (Å²) in [6.45, 7) is 0. The van der Waals surface area contributed by atoms with E-state index in [2.05, 4.69) is 25.4 Å². The number of hydrogen-bond donors (Lipinski definition) is 1. The van der Waals surface area contributed by atoms with Crippen molar-refractivity contribution in [3.63, 3.8) is 0 Å². The number of amides is 1. The molecule has 4 aromatic heterocycles. The molecule has 1 amide bonds. The second kappa shape index (κ2) is 8.41. The summed E-state index contributed by atoms with van der Waals surface area (Å²) < 4.78 is 3.54. The lowest BCUT2D eigenvalue weighted by molar-refractivity contribution is 0.102. The van der Waals surface area contributed by atoms with Crippen LogP contribution in [0, 0.1) is 0 Å². The Kier molecular flexibility index (Phi) is 5.16. The smallest absolute Gasteiger partial charge is 0.256 e. The Morgan fingerprint density at radius 2 is 1.97 bits per heavy atom. The van der Waals surface area contributed by atoms with Crippen molar-refractivity contribution in [3.05, 3.63) is 97.1 Å². The summed E-state index contributed by atoms with van der Waals surface area (Å²) in [5.41, 5.74) is 3.08. The summed E-state index contributed by atoms with van der Waals surface area (Å²) in [5, 5.41) is 6.95. The van der Waals surface area contributed by atoms with Crippen LogP contribution < -0.4 is 5.32 Å². The van der Waals surface area contributed by atoms with E-state index in [9.17, 15) is 4.79 Å². The van der Waals surface area contributed by atoms with Gasteiger partial charge in [-0.2, -0.15) is 5.10 Å². The summed E-state index contributed by atoms with van der Waals surface area (Å²) in [5.74, 6) is 1.10. The Morgan fingerprint density at radius 1 is 1.06 bits per heavy atom. The Hall–Kier alpha value is -3.98. The quantitative estimate of drug-likeness (QED) is 0.414. The van der Waals surface area contributed by atoms with Crippen LogP contribution in [0.3, 0.4) is 0 Å². The molecular weight excluding hydrogens is 410 g/mol. The number of hydrogen-bond acceptors (Lipinski definition) is 6. The molecule has 0 aliphatic heterocycles. The molecule has 1 N–H and O–H groups in total. The number of benzene rings is 1. The normalized spacial score (nSPS) is 11.0. The summed E-state index contributed by atoms with van der Waals surface area (Å²) >= 11 is 1.58. The molecule has 0 bridgehead atoms. The van der Waals surface area contributed by atoms with Crippen LogP contribution in [0.4, 0.5) is 5.69 Å². The molecule has 0 radical (unpaired) electrons. The van der Waals surface area contributed by atoms with Gasteiger partial charge in [-0.1, -0.05) is 18.2 Å². The Bertz CT molecular complexity index is 1300. The zero-order valence-corrected chi connectivity index (χ0v) is 17.1. The first-order valence-corrected chi connectivity index (χ1v) is 10.5. The van der Waals surface area contributed by atoms with Crippen molar-refractivity contribution < 1.29 is 4.79 Å². The molecule has 5 rings (SSSR count). The first-order valence-electron chi connectivity index (χ1n) is 9.53. The number of aromatic nitrogens is 6. The molecular formula is C22H17N7OS. The fraction of sp³-hybridized carbons (Fsp3) is 0.0455. The van der Waals surface area contributed by atoms with E-state index in [-0.39, 0.29) is 5.91 Å². The van der Waals surface area contributed by atoms with Gasteiger partial charge in [-0.3, -0.25) is 4.79 Å². The number of nitrogens with one attached hydrogen (secondary N) is 1. The van der Waals surface area contributed by atoms with Gasteiger partial charge in [0.05, 0.1) is 23.1 Å². The highest BCUT2D eigenvalue weighted by atomic mass is 32.2. The van der Waals surface area contributed by atoms with Crippen molar-refractivity contribution in [2.45, 2.75) is 10.6 Å². The molecule has 0 fully saturated rings. The molecule has 9 heteroatoms. The predicted molar refractivity (Wildman–Crippen MR) is 118 cm³/mol. The van der Waals surface area contributed by atoms with Gasteiger partial charge >= 0.3 is 0 Å². The summed E-state index contributed by atoms with van der Waals surface area (Å²) in [4.78, 5) is 26.6. The van der Waals surface area contributed by atoms with Crippen molar-refractivity contribution >= 4 is 29.0 Å². The maximum atomic E-state index is 12.9. The first-order chi connectivity index (χ1) is 15.3. The summed E-state index contributed by atoms with van der Waals surface area (Å²) in [6.07, 6.45) is 8.59. The average Bonchev–Trinajstić information content (AvgIpc) is 3.48. The highest BCUT2D eigenvalue weighted by molar-refractivity contribution is 7.98. The molecule has 0 unspecified atom stereocenters. The van der Waals surface area contributed by atoms with Gasteiger partial charge in [0.1, 0.15) is 18.3 Å². The lowest BCUT2D eigenvalue weighted by Gasteiger charge is -2.10. The number of pyridine rings is 2. The third-order valence-corrected chi connectivity index (χ3v) is 5.69. The number of anilines is 1. The SMILES string of the molecule is O=C(Nc1ccc(-n2cncn2)nc1)c1ccccc1SCc1cn2ccccc2n1. The van der Waals surface area contributed by atoms with E-state index >= 15 is 0 Å². The summed E-state index contributed by atoms with van der Waals surface area (Å²) in [6, 6.07) is 17.0. The maximum absolute atomic E-state index is 12.9. The zero-order chi connectivity index (χ0) is 21.0. The summed E-state index contributed by atoms with van der Waals surface area (Å²) in [7, 11) is 0. The minimum absolute atomic E-state index is 0.187. The van der Waals surface area contributed by atoms with Gasteiger partial charge < -0.3 is 9.72 Å². The number of thioether (sulfide) groups is 1. The molecule has 1 aromatic carbocycles. The monoisotopic (exact) mass is 427 g/mol. The number of carbonyl (C=O) groups is 1. The molecule has 152 valence electrons. The molecule has 4 heterocycles. The largest absolute Gasteiger partial charge is 0.321 e. The lowest BCUT2D eigenvalue weighted by atomic mass is 10.2. The van der Waals surface area contributed by atoms with Crippen molar-refractivity contribution in [3.8, 4) is 5.82 Å². The van der Waals surface area contributed by atoms with Gasteiger partial charge in [0, 0.05) is 23.0 Å². The number of carbonyl (C=O) groups excluding carboxylic acids is 1. The second-order valence-corrected chi connectivity index (χ2v) is 7.70. The topological polar surface area (TPSA) is 90.0 Å². The Labute approximate surface area is 182 Å². The lowest BCUT2D eigenvalue weighted by Crippen LogP contribution is -2.13. The van der Waals surface area contributed by atoms with E-state index in [0.717, 1.165) is 16.2 Å². The Morgan fingerprint density at radius 3 is 2.77 bits per heavy atom. The fourth-order valence-corrected chi connectivity index (χ4v) is 4.04. The second-order valence-electron chi connectivity index (χ2n) is 6.68. The molecule has 0 saturated carbocycles. The van der Waals surface area contributed by atoms with Gasteiger partial charge in [0.25, 0.3) is 5.91 Å². The van der Waals surface area contributed by atoms with E-state index in [0.29, 0.717) is 22.8 Å². The maximum Gasteiger partial charge on any atom is 0.256 e. The van der Waals surface area contributed by atoms with Crippen molar-refractivity contribution in [1.82, 2.24) is 29.1 Å². The van der Waals surface area contributed by atoms with Crippen LogP contribution in [0.1, 0.15) is 16.1 Å². The van der Waals surface area contributed by atoms with Gasteiger partial charge in [-0.05, 0) is 36.4 Å².